The molecule has 18 heavy (non-hydrogen) atoms. The Kier molecular flexibility index (Phi) is 3.82. The summed E-state index contributed by atoms with van der Waals surface area (Å²) in [7, 11) is 1.67. The SMILES string of the molecule is CCn1ncnc1CNc1cc(C)ccc1OC. The largest absolute Gasteiger partial charge is 0.495 e. The molecule has 0 bridgehead atoms. The predicted molar refractivity (Wildman–Crippen MR) is 70.8 cm³/mol. The van der Waals surface area contributed by atoms with Gasteiger partial charge < -0.3 is 10.1 Å². The lowest BCUT2D eigenvalue weighted by Crippen LogP contribution is -2.09. The Balaban J connectivity index is 2.12. The normalized spacial score (nSPS) is 10.4. The molecule has 0 aliphatic heterocycles. The minimum Gasteiger partial charge on any atom is -0.495 e. The highest BCUT2D eigenvalue weighted by atomic mass is 16.5. The number of aryl methyl sites for hydroxylation is 2. The van der Waals surface area contributed by atoms with Crippen LogP contribution in [-0.4, -0.2) is 21.9 Å². The van der Waals surface area contributed by atoms with Crippen molar-refractivity contribution in [1.82, 2.24) is 14.8 Å². The van der Waals surface area contributed by atoms with Gasteiger partial charge in [-0.2, -0.15) is 5.10 Å². The summed E-state index contributed by atoms with van der Waals surface area (Å²) in [5.74, 6) is 1.75. The number of aromatic nitrogens is 3. The van der Waals surface area contributed by atoms with Crippen molar-refractivity contribution in [3.63, 3.8) is 0 Å². The van der Waals surface area contributed by atoms with Crippen molar-refractivity contribution in [1.29, 1.82) is 0 Å². The molecule has 1 aromatic heterocycles. The fourth-order valence-corrected chi connectivity index (χ4v) is 1.82. The zero-order valence-corrected chi connectivity index (χ0v) is 11.0. The maximum atomic E-state index is 5.32. The number of anilines is 1. The van der Waals surface area contributed by atoms with Gasteiger partial charge >= 0.3 is 0 Å². The molecular weight excluding hydrogens is 228 g/mol. The fourth-order valence-electron chi connectivity index (χ4n) is 1.82. The monoisotopic (exact) mass is 246 g/mol. The molecule has 0 radical (unpaired) electrons. The second-order valence-electron chi connectivity index (χ2n) is 4.05. The number of rotatable bonds is 5. The van der Waals surface area contributed by atoms with Crippen LogP contribution in [-0.2, 0) is 13.1 Å². The van der Waals surface area contributed by atoms with E-state index in [1.54, 1.807) is 13.4 Å². The Morgan fingerprint density at radius 1 is 1.39 bits per heavy atom. The lowest BCUT2D eigenvalue weighted by molar-refractivity contribution is 0.416. The Hall–Kier alpha value is -2.04. The van der Waals surface area contributed by atoms with E-state index >= 15 is 0 Å². The van der Waals surface area contributed by atoms with E-state index in [2.05, 4.69) is 28.4 Å². The molecule has 1 heterocycles. The molecule has 5 nitrogen and oxygen atoms in total. The summed E-state index contributed by atoms with van der Waals surface area (Å²) < 4.78 is 7.19. The number of nitrogens with zero attached hydrogens (tertiary/aromatic N) is 3. The minimum absolute atomic E-state index is 0.633. The van der Waals surface area contributed by atoms with Crippen LogP contribution in [0.1, 0.15) is 18.3 Å². The van der Waals surface area contributed by atoms with Gasteiger partial charge in [0.05, 0.1) is 19.3 Å². The molecule has 0 spiro atoms. The van der Waals surface area contributed by atoms with Gasteiger partial charge in [-0.25, -0.2) is 9.67 Å². The van der Waals surface area contributed by atoms with E-state index < -0.39 is 0 Å². The first kappa shape index (κ1) is 12.4. The van der Waals surface area contributed by atoms with Crippen molar-refractivity contribution >= 4 is 5.69 Å². The number of benzene rings is 1. The van der Waals surface area contributed by atoms with Crippen LogP contribution < -0.4 is 10.1 Å². The molecule has 0 aliphatic carbocycles. The van der Waals surface area contributed by atoms with Gasteiger partial charge in [0.2, 0.25) is 0 Å². The van der Waals surface area contributed by atoms with Crippen LogP contribution in [0.4, 0.5) is 5.69 Å². The van der Waals surface area contributed by atoms with E-state index in [0.717, 1.165) is 23.8 Å². The molecule has 5 heteroatoms. The van der Waals surface area contributed by atoms with Gasteiger partial charge in [0.1, 0.15) is 17.9 Å². The average Bonchev–Trinajstić information content (AvgIpc) is 2.84. The van der Waals surface area contributed by atoms with Gasteiger partial charge in [-0.15, -0.1) is 0 Å². The van der Waals surface area contributed by atoms with E-state index in [1.807, 2.05) is 23.7 Å². The number of ether oxygens (including phenoxy) is 1. The summed E-state index contributed by atoms with van der Waals surface area (Å²) in [6, 6.07) is 6.05. The third-order valence-corrected chi connectivity index (χ3v) is 2.79. The van der Waals surface area contributed by atoms with Crippen molar-refractivity contribution in [2.45, 2.75) is 26.9 Å². The quantitative estimate of drug-likeness (QED) is 0.879. The topological polar surface area (TPSA) is 52.0 Å². The molecule has 0 fully saturated rings. The number of methoxy groups -OCH3 is 1. The highest BCUT2D eigenvalue weighted by Gasteiger charge is 2.06. The molecule has 0 unspecified atom stereocenters. The summed E-state index contributed by atoms with van der Waals surface area (Å²) in [5.41, 5.74) is 2.17. The van der Waals surface area contributed by atoms with Crippen LogP contribution in [0.2, 0.25) is 0 Å². The zero-order chi connectivity index (χ0) is 13.0. The van der Waals surface area contributed by atoms with E-state index in [4.69, 9.17) is 4.74 Å². The predicted octanol–water partition coefficient (Wildman–Crippen LogP) is 2.23. The summed E-state index contributed by atoms with van der Waals surface area (Å²) in [5, 5.41) is 7.48. The Morgan fingerprint density at radius 3 is 2.94 bits per heavy atom. The van der Waals surface area contributed by atoms with Gasteiger partial charge in [0.25, 0.3) is 0 Å². The smallest absolute Gasteiger partial charge is 0.146 e. The fraction of sp³-hybridized carbons (Fsp3) is 0.385. The van der Waals surface area contributed by atoms with Crippen molar-refractivity contribution < 1.29 is 4.74 Å². The lowest BCUT2D eigenvalue weighted by Gasteiger charge is -2.11. The molecule has 0 saturated carbocycles. The Labute approximate surface area is 107 Å². The molecule has 0 amide bonds. The maximum Gasteiger partial charge on any atom is 0.146 e. The van der Waals surface area contributed by atoms with Gasteiger partial charge in [0.15, 0.2) is 0 Å². The Morgan fingerprint density at radius 2 is 2.22 bits per heavy atom. The first-order valence-corrected chi connectivity index (χ1v) is 5.99. The molecule has 1 aromatic carbocycles. The average molecular weight is 246 g/mol. The van der Waals surface area contributed by atoms with E-state index in [9.17, 15) is 0 Å². The number of nitrogens with one attached hydrogen (secondary N) is 1. The van der Waals surface area contributed by atoms with Gasteiger partial charge in [0, 0.05) is 6.54 Å². The van der Waals surface area contributed by atoms with E-state index in [-0.39, 0.29) is 0 Å². The van der Waals surface area contributed by atoms with Gasteiger partial charge in [-0.1, -0.05) is 6.07 Å². The summed E-state index contributed by atoms with van der Waals surface area (Å²) >= 11 is 0. The second-order valence-corrected chi connectivity index (χ2v) is 4.05. The highest BCUT2D eigenvalue weighted by molar-refractivity contribution is 5.57. The van der Waals surface area contributed by atoms with Crippen LogP contribution in [0, 0.1) is 6.92 Å². The van der Waals surface area contributed by atoms with Crippen molar-refractivity contribution in [2.75, 3.05) is 12.4 Å². The van der Waals surface area contributed by atoms with Crippen molar-refractivity contribution in [2.24, 2.45) is 0 Å². The van der Waals surface area contributed by atoms with Crippen LogP contribution in [0.3, 0.4) is 0 Å². The molecule has 0 atom stereocenters. The highest BCUT2D eigenvalue weighted by Crippen LogP contribution is 2.25. The molecule has 2 aromatic rings. The van der Waals surface area contributed by atoms with Gasteiger partial charge in [-0.05, 0) is 31.5 Å². The Bertz CT molecular complexity index is 521. The van der Waals surface area contributed by atoms with Crippen LogP contribution >= 0.6 is 0 Å². The first-order chi connectivity index (χ1) is 8.74. The van der Waals surface area contributed by atoms with Crippen LogP contribution in [0.5, 0.6) is 5.75 Å². The van der Waals surface area contributed by atoms with Crippen molar-refractivity contribution in [3.8, 4) is 5.75 Å². The molecule has 2 rings (SSSR count). The van der Waals surface area contributed by atoms with E-state index in [1.165, 1.54) is 5.56 Å². The van der Waals surface area contributed by atoms with Crippen molar-refractivity contribution in [3.05, 3.63) is 35.9 Å². The maximum absolute atomic E-state index is 5.32. The summed E-state index contributed by atoms with van der Waals surface area (Å²) in [6.45, 7) is 5.56. The number of hydrogen-bond acceptors (Lipinski definition) is 4. The first-order valence-electron chi connectivity index (χ1n) is 5.99. The lowest BCUT2D eigenvalue weighted by atomic mass is 10.2. The standard InChI is InChI=1S/C13H18N4O/c1-4-17-13(15-9-16-17)8-14-11-7-10(2)5-6-12(11)18-3/h5-7,9,14H,4,8H2,1-3H3. The number of hydrogen-bond donors (Lipinski definition) is 1. The molecule has 0 saturated heterocycles. The third-order valence-electron chi connectivity index (χ3n) is 2.79. The third kappa shape index (κ3) is 2.61. The zero-order valence-electron chi connectivity index (χ0n) is 11.0. The second kappa shape index (κ2) is 5.53. The van der Waals surface area contributed by atoms with E-state index in [0.29, 0.717) is 6.54 Å². The van der Waals surface area contributed by atoms with Gasteiger partial charge in [-0.3, -0.25) is 0 Å². The molecule has 0 aliphatic rings. The molecule has 96 valence electrons. The minimum atomic E-state index is 0.633. The summed E-state index contributed by atoms with van der Waals surface area (Å²) in [6.07, 6.45) is 1.58. The summed E-state index contributed by atoms with van der Waals surface area (Å²) in [4.78, 5) is 4.23. The van der Waals surface area contributed by atoms with Crippen LogP contribution in [0.15, 0.2) is 24.5 Å². The van der Waals surface area contributed by atoms with Crippen LogP contribution in [0.25, 0.3) is 0 Å². The molecule has 1 N–H and O–H groups in total. The molecular formula is C13H18N4O.